The molecule has 0 spiro atoms. The lowest BCUT2D eigenvalue weighted by molar-refractivity contribution is 0.207. The Kier molecular flexibility index (Phi) is 7.08. The molecule has 0 fully saturated rings. The molecule has 2 aromatic rings. The number of nitrogens with zero attached hydrogens (tertiary/aromatic N) is 1. The van der Waals surface area contributed by atoms with Gasteiger partial charge in [-0.05, 0) is 42.2 Å². The van der Waals surface area contributed by atoms with Crippen LogP contribution in [0.5, 0.6) is 5.75 Å². The summed E-state index contributed by atoms with van der Waals surface area (Å²) in [5, 5.41) is 2.97. The van der Waals surface area contributed by atoms with Crippen LogP contribution >= 0.6 is 0 Å². The van der Waals surface area contributed by atoms with Crippen LogP contribution in [0.3, 0.4) is 0 Å². The molecule has 0 bridgehead atoms. The molecule has 4 heteroatoms. The van der Waals surface area contributed by atoms with Crippen molar-refractivity contribution in [2.45, 2.75) is 19.9 Å². The number of rotatable bonds is 8. The van der Waals surface area contributed by atoms with Crippen molar-refractivity contribution in [1.29, 1.82) is 0 Å². The normalized spacial score (nSPS) is 10.2. The zero-order valence-electron chi connectivity index (χ0n) is 15.0. The van der Waals surface area contributed by atoms with E-state index in [-0.39, 0.29) is 6.03 Å². The Balaban J connectivity index is 1.77. The SMILES string of the molecule is C=CCOc1ccc(CN(C)C(=O)NCCc2ccccc2C)cc1. The zero-order valence-corrected chi connectivity index (χ0v) is 15.0. The molecule has 0 aliphatic carbocycles. The van der Waals surface area contributed by atoms with Gasteiger partial charge >= 0.3 is 6.03 Å². The first-order valence-electron chi connectivity index (χ1n) is 8.46. The van der Waals surface area contributed by atoms with Crippen LogP contribution in [0.25, 0.3) is 0 Å². The van der Waals surface area contributed by atoms with E-state index >= 15 is 0 Å². The van der Waals surface area contributed by atoms with Crippen molar-refractivity contribution in [2.75, 3.05) is 20.2 Å². The summed E-state index contributed by atoms with van der Waals surface area (Å²) in [6.07, 6.45) is 2.55. The molecule has 0 aliphatic rings. The fourth-order valence-corrected chi connectivity index (χ4v) is 2.52. The summed E-state index contributed by atoms with van der Waals surface area (Å²) in [5.41, 5.74) is 3.58. The first-order valence-corrected chi connectivity index (χ1v) is 8.46. The smallest absolute Gasteiger partial charge is 0.317 e. The predicted octanol–water partition coefficient (Wildman–Crippen LogP) is 3.94. The highest BCUT2D eigenvalue weighted by atomic mass is 16.5. The van der Waals surface area contributed by atoms with Crippen molar-refractivity contribution in [3.63, 3.8) is 0 Å². The van der Waals surface area contributed by atoms with Crippen LogP contribution in [0.1, 0.15) is 16.7 Å². The highest BCUT2D eigenvalue weighted by Crippen LogP contribution is 2.13. The molecular weight excluding hydrogens is 312 g/mol. The molecule has 0 saturated carbocycles. The third-order valence-electron chi connectivity index (χ3n) is 3.99. The molecule has 0 saturated heterocycles. The summed E-state index contributed by atoms with van der Waals surface area (Å²) >= 11 is 0. The van der Waals surface area contributed by atoms with Gasteiger partial charge in [-0.25, -0.2) is 4.79 Å². The third-order valence-corrected chi connectivity index (χ3v) is 3.99. The van der Waals surface area contributed by atoms with Crippen LogP contribution in [0.2, 0.25) is 0 Å². The number of carbonyl (C=O) groups excluding carboxylic acids is 1. The third kappa shape index (κ3) is 5.99. The average molecular weight is 338 g/mol. The van der Waals surface area contributed by atoms with E-state index in [0.29, 0.717) is 19.7 Å². The molecule has 25 heavy (non-hydrogen) atoms. The minimum Gasteiger partial charge on any atom is -0.490 e. The van der Waals surface area contributed by atoms with E-state index in [9.17, 15) is 4.79 Å². The largest absolute Gasteiger partial charge is 0.490 e. The molecule has 4 nitrogen and oxygen atoms in total. The maximum absolute atomic E-state index is 12.2. The highest BCUT2D eigenvalue weighted by molar-refractivity contribution is 5.73. The summed E-state index contributed by atoms with van der Waals surface area (Å²) < 4.78 is 5.46. The molecular formula is C21H26N2O2. The maximum atomic E-state index is 12.2. The van der Waals surface area contributed by atoms with Gasteiger partial charge in [-0.3, -0.25) is 0 Å². The van der Waals surface area contributed by atoms with E-state index in [1.807, 2.05) is 36.4 Å². The Morgan fingerprint density at radius 2 is 1.92 bits per heavy atom. The number of carbonyl (C=O) groups is 1. The summed E-state index contributed by atoms with van der Waals surface area (Å²) in [7, 11) is 1.80. The number of hydrogen-bond donors (Lipinski definition) is 1. The lowest BCUT2D eigenvalue weighted by atomic mass is 10.1. The molecule has 0 unspecified atom stereocenters. The Morgan fingerprint density at radius 3 is 2.60 bits per heavy atom. The standard InChI is InChI=1S/C21H26N2O2/c1-4-15-25-20-11-9-18(10-12-20)16-23(3)21(24)22-14-13-19-8-6-5-7-17(19)2/h4-12H,1,13-16H2,2-3H3,(H,22,24). The fourth-order valence-electron chi connectivity index (χ4n) is 2.52. The lowest BCUT2D eigenvalue weighted by Crippen LogP contribution is -2.37. The van der Waals surface area contributed by atoms with Crippen LogP contribution in [0, 0.1) is 6.92 Å². The van der Waals surface area contributed by atoms with E-state index in [2.05, 4.69) is 31.0 Å². The second-order valence-electron chi connectivity index (χ2n) is 6.01. The van der Waals surface area contributed by atoms with Gasteiger partial charge in [0, 0.05) is 20.1 Å². The van der Waals surface area contributed by atoms with Gasteiger partial charge in [0.05, 0.1) is 0 Å². The first-order chi connectivity index (χ1) is 12.1. The zero-order chi connectivity index (χ0) is 18.1. The van der Waals surface area contributed by atoms with Gasteiger partial charge in [0.25, 0.3) is 0 Å². The van der Waals surface area contributed by atoms with Crippen LogP contribution < -0.4 is 10.1 Å². The minimum absolute atomic E-state index is 0.0689. The van der Waals surface area contributed by atoms with Gasteiger partial charge in [-0.2, -0.15) is 0 Å². The van der Waals surface area contributed by atoms with E-state index in [1.54, 1.807) is 18.0 Å². The van der Waals surface area contributed by atoms with Crippen molar-refractivity contribution in [2.24, 2.45) is 0 Å². The van der Waals surface area contributed by atoms with E-state index in [1.165, 1.54) is 11.1 Å². The van der Waals surface area contributed by atoms with Crippen LogP contribution in [0.15, 0.2) is 61.2 Å². The number of hydrogen-bond acceptors (Lipinski definition) is 2. The van der Waals surface area contributed by atoms with Gasteiger partial charge in [-0.1, -0.05) is 49.1 Å². The molecule has 0 atom stereocenters. The molecule has 0 aliphatic heterocycles. The van der Waals surface area contributed by atoms with Gasteiger partial charge in [0.15, 0.2) is 0 Å². The quantitative estimate of drug-likeness (QED) is 0.741. The summed E-state index contributed by atoms with van der Waals surface area (Å²) in [6, 6.07) is 15.9. The second kappa shape index (κ2) is 9.52. The number of benzene rings is 2. The van der Waals surface area contributed by atoms with Crippen molar-refractivity contribution >= 4 is 6.03 Å². The van der Waals surface area contributed by atoms with Crippen molar-refractivity contribution in [3.8, 4) is 5.75 Å². The maximum Gasteiger partial charge on any atom is 0.317 e. The lowest BCUT2D eigenvalue weighted by Gasteiger charge is -2.18. The topological polar surface area (TPSA) is 41.6 Å². The second-order valence-corrected chi connectivity index (χ2v) is 6.01. The fraction of sp³-hybridized carbons (Fsp3) is 0.286. The average Bonchev–Trinajstić information content (AvgIpc) is 2.62. The monoisotopic (exact) mass is 338 g/mol. The predicted molar refractivity (Wildman–Crippen MR) is 102 cm³/mol. The molecule has 2 aromatic carbocycles. The Bertz CT molecular complexity index is 695. The van der Waals surface area contributed by atoms with E-state index in [0.717, 1.165) is 17.7 Å². The summed E-state index contributed by atoms with van der Waals surface area (Å²) in [6.45, 7) is 7.38. The molecule has 132 valence electrons. The minimum atomic E-state index is -0.0689. The van der Waals surface area contributed by atoms with E-state index in [4.69, 9.17) is 4.74 Å². The van der Waals surface area contributed by atoms with Crippen molar-refractivity contribution in [1.82, 2.24) is 10.2 Å². The molecule has 2 amide bonds. The number of nitrogens with one attached hydrogen (secondary N) is 1. The van der Waals surface area contributed by atoms with Gasteiger partial charge in [0.1, 0.15) is 12.4 Å². The molecule has 0 aromatic heterocycles. The Hall–Kier alpha value is -2.75. The first kappa shape index (κ1) is 18.6. The number of urea groups is 1. The van der Waals surface area contributed by atoms with Gasteiger partial charge in [-0.15, -0.1) is 0 Å². The molecule has 0 heterocycles. The molecule has 2 rings (SSSR count). The van der Waals surface area contributed by atoms with Gasteiger partial charge < -0.3 is 15.0 Å². The highest BCUT2D eigenvalue weighted by Gasteiger charge is 2.09. The molecule has 0 radical (unpaired) electrons. The molecule has 1 N–H and O–H groups in total. The van der Waals surface area contributed by atoms with Gasteiger partial charge in [0.2, 0.25) is 0 Å². The van der Waals surface area contributed by atoms with Crippen LogP contribution in [-0.4, -0.2) is 31.1 Å². The van der Waals surface area contributed by atoms with Crippen LogP contribution in [0.4, 0.5) is 4.79 Å². The Morgan fingerprint density at radius 1 is 1.20 bits per heavy atom. The number of aryl methyl sites for hydroxylation is 1. The number of amides is 2. The van der Waals surface area contributed by atoms with Crippen LogP contribution in [-0.2, 0) is 13.0 Å². The summed E-state index contributed by atoms with van der Waals surface area (Å²) in [5.74, 6) is 0.800. The van der Waals surface area contributed by atoms with Crippen molar-refractivity contribution < 1.29 is 9.53 Å². The Labute approximate surface area is 150 Å². The van der Waals surface area contributed by atoms with E-state index < -0.39 is 0 Å². The summed E-state index contributed by atoms with van der Waals surface area (Å²) in [4.78, 5) is 13.9. The van der Waals surface area contributed by atoms with Crippen molar-refractivity contribution in [3.05, 3.63) is 77.9 Å². The number of ether oxygens (including phenoxy) is 1.